The van der Waals surface area contributed by atoms with Crippen molar-refractivity contribution in [2.24, 2.45) is 33.9 Å². The summed E-state index contributed by atoms with van der Waals surface area (Å²) < 4.78 is 61.0. The average Bonchev–Trinajstić information content (AvgIpc) is 1.71. The third-order valence-corrected chi connectivity index (χ3v) is 21.0. The van der Waals surface area contributed by atoms with Crippen molar-refractivity contribution in [3.05, 3.63) is 170 Å². The molecule has 0 atom stereocenters. The molecule has 0 saturated heterocycles. The molecule has 0 amide bonds. The minimum atomic E-state index is -0.492. The second-order valence-corrected chi connectivity index (χ2v) is 29.1. The van der Waals surface area contributed by atoms with Crippen LogP contribution in [0, 0.1) is 23.7 Å². The smallest absolute Gasteiger partial charge is 0.330 e. The summed E-state index contributed by atoms with van der Waals surface area (Å²) in [5, 5.41) is 15.1. The van der Waals surface area contributed by atoms with E-state index in [0.29, 0.717) is 162 Å². The first kappa shape index (κ1) is 81.9. The number of hydrazone groups is 2. The number of hydrogen-bond acceptors (Lipinski definition) is 23. The number of carbonyl (C=O) groups is 5. The van der Waals surface area contributed by atoms with E-state index in [2.05, 4.69) is 27.0 Å². The van der Waals surface area contributed by atoms with E-state index in [4.69, 9.17) is 67.5 Å². The molecule has 6 aromatic carbocycles. The normalized spacial score (nSPS) is 15.7. The fourth-order valence-corrected chi connectivity index (χ4v) is 14.5. The molecule has 0 unspecified atom stereocenters. The van der Waals surface area contributed by atoms with E-state index in [1.165, 1.54) is 22.7 Å². The van der Waals surface area contributed by atoms with Crippen LogP contribution in [0.4, 0.5) is 10.3 Å². The van der Waals surface area contributed by atoms with E-state index in [-0.39, 0.29) is 23.4 Å². The molecule has 0 radical (unpaired) electrons. The van der Waals surface area contributed by atoms with Crippen molar-refractivity contribution in [3.63, 3.8) is 0 Å². The molecule has 10 rings (SSSR count). The van der Waals surface area contributed by atoms with E-state index in [0.717, 1.165) is 121 Å². The molecule has 8 aromatic rings. The number of unbranched alkanes of at least 4 members (excludes halogenated alkanes) is 8. The Labute approximate surface area is 647 Å². The number of anilines is 2. The number of thiazole rings is 2. The van der Waals surface area contributed by atoms with Gasteiger partial charge in [0.2, 0.25) is 10.3 Å². The molecule has 0 N–H and O–H groups in total. The zero-order chi connectivity index (χ0) is 76.2. The molecule has 2 aliphatic carbocycles. The summed E-state index contributed by atoms with van der Waals surface area (Å²) in [6, 6.07) is 41.0. The average molecular weight is 1520 g/mol. The number of ether oxygens (including phenoxy) is 10. The molecule has 23 heteroatoms. The van der Waals surface area contributed by atoms with Crippen molar-refractivity contribution in [2.75, 3.05) is 82.6 Å². The van der Waals surface area contributed by atoms with Crippen LogP contribution in [0.5, 0.6) is 34.5 Å². The summed E-state index contributed by atoms with van der Waals surface area (Å²) in [5.74, 6) is -0.979. The number of esters is 5. The molecule has 0 spiro atoms. The zero-order valence-electron chi connectivity index (χ0n) is 62.8. The van der Waals surface area contributed by atoms with Crippen LogP contribution in [0.2, 0.25) is 0 Å². The van der Waals surface area contributed by atoms with Crippen LogP contribution in [-0.2, 0) is 42.9 Å². The van der Waals surface area contributed by atoms with Crippen molar-refractivity contribution in [3.8, 4) is 45.6 Å². The molecule has 2 heterocycles. The molecule has 2 aromatic heterocycles. The maximum atomic E-state index is 14.5. The summed E-state index contributed by atoms with van der Waals surface area (Å²) in [4.78, 5) is 77.3. The van der Waals surface area contributed by atoms with Gasteiger partial charge >= 0.3 is 29.8 Å². The Balaban J connectivity index is 0.854. The number of para-hydroxylation sites is 2. The lowest BCUT2D eigenvalue weighted by molar-refractivity contribution is -0.145. The molecule has 2 fully saturated rings. The summed E-state index contributed by atoms with van der Waals surface area (Å²) >= 11 is 3.02. The Kier molecular flexibility index (Phi) is 33.6. The standard InChI is InChI=1S/C86H102N6O15S2/c1-5-9-50-99-56-47-91(85-89-74-23-15-17-25-78(74)108-85)87-60-68-58-66(35-45-76(68)106-83(96)64-31-27-62(28-32-64)81(94)104-72-41-37-70(38-42-72)101-53-20-12-11-19-52-98-49-7-3)67-36-46-77(69(59-67)61-88-92(48-57-100-51-10-6-2)86-90-75-24-16-18-26-79(75)109-86)107-84(97)65-33-29-63(30-34-65)82(95)105-73-43-39-71(40-44-73)102-54-21-13-14-22-55-103-80(93)8-4/h7-8,15-18,23-26,35-46,58-65H,3-6,9-14,19-22,27-34,47-57H2,1-2H3/b87-60+,88-61+. The second kappa shape index (κ2) is 44.7. The summed E-state index contributed by atoms with van der Waals surface area (Å²) in [5.41, 5.74) is 4.12. The Hall–Kier alpha value is -9.65. The Bertz CT molecular complexity index is 4070. The molecule has 21 nitrogen and oxygen atoms in total. The van der Waals surface area contributed by atoms with Crippen molar-refractivity contribution in [1.29, 1.82) is 0 Å². The molecule has 0 aliphatic heterocycles. The van der Waals surface area contributed by atoms with Gasteiger partial charge in [-0.2, -0.15) is 10.2 Å². The number of nitrogens with zero attached hydrogens (tertiary/aromatic N) is 6. The predicted octanol–water partition coefficient (Wildman–Crippen LogP) is 18.3. The summed E-state index contributed by atoms with van der Waals surface area (Å²) in [7, 11) is 0. The van der Waals surface area contributed by atoms with Crippen molar-refractivity contribution >= 4 is 95.6 Å². The molecular formula is C86H102N6O15S2. The van der Waals surface area contributed by atoms with Gasteiger partial charge in [0.15, 0.2) is 0 Å². The van der Waals surface area contributed by atoms with E-state index in [1.807, 2.05) is 94.9 Å². The first-order valence-corrected chi connectivity index (χ1v) is 40.2. The van der Waals surface area contributed by atoms with Gasteiger partial charge in [-0.25, -0.2) is 24.8 Å². The Morgan fingerprint density at radius 3 is 1.23 bits per heavy atom. The van der Waals surface area contributed by atoms with E-state index in [9.17, 15) is 24.0 Å². The molecule has 109 heavy (non-hydrogen) atoms. The highest BCUT2D eigenvalue weighted by Crippen LogP contribution is 2.38. The highest BCUT2D eigenvalue weighted by Gasteiger charge is 2.35. The topological polar surface area (TPSA) is 235 Å². The minimum Gasteiger partial charge on any atom is -0.494 e. The summed E-state index contributed by atoms with van der Waals surface area (Å²) in [6.07, 6.45) is 21.0. The van der Waals surface area contributed by atoms with Gasteiger partial charge in [-0.3, -0.25) is 19.2 Å². The maximum absolute atomic E-state index is 14.5. The van der Waals surface area contributed by atoms with Crippen molar-refractivity contribution in [1.82, 2.24) is 9.97 Å². The number of benzene rings is 6. The Morgan fingerprint density at radius 2 is 0.826 bits per heavy atom. The van der Waals surface area contributed by atoms with Crippen LogP contribution >= 0.6 is 22.7 Å². The van der Waals surface area contributed by atoms with Crippen LogP contribution in [0.15, 0.2) is 169 Å². The van der Waals surface area contributed by atoms with Gasteiger partial charge in [0.25, 0.3) is 0 Å². The Morgan fingerprint density at radius 1 is 0.440 bits per heavy atom. The third kappa shape index (κ3) is 26.3. The van der Waals surface area contributed by atoms with E-state index >= 15 is 0 Å². The van der Waals surface area contributed by atoms with Crippen LogP contribution in [0.1, 0.15) is 153 Å². The van der Waals surface area contributed by atoms with Crippen LogP contribution in [-0.4, -0.2) is 125 Å². The fourth-order valence-electron chi connectivity index (χ4n) is 12.6. The SMILES string of the molecule is C=CCOCCCCCCOc1ccc(OC(=O)C2CCC(C(=O)Oc3ccc(-c4ccc(OC(=O)C5CCC(C(=O)Oc6ccc(OCCCCCCOC(=O)C=C)cc6)CC5)c(/C=N/N(CCOCCCC)c5nc6ccccc6s5)c4)cc3/C=N/N(CCOCCCC)c3nc4ccccc4s3)CC2)cc1. The zero-order valence-corrected chi connectivity index (χ0v) is 64.4. The van der Waals surface area contributed by atoms with E-state index in [1.54, 1.807) is 67.0 Å². The fraction of sp³-hybridized carbons (Fsp3) is 0.430. The van der Waals surface area contributed by atoms with Gasteiger partial charge in [0.05, 0.1) is 109 Å². The number of carbonyl (C=O) groups excluding carboxylic acids is 5. The lowest BCUT2D eigenvalue weighted by Crippen LogP contribution is -2.30. The van der Waals surface area contributed by atoms with Crippen molar-refractivity contribution < 1.29 is 71.3 Å². The quantitative estimate of drug-likeness (QED) is 0.00656. The molecule has 578 valence electrons. The number of hydrogen-bond donors (Lipinski definition) is 0. The van der Waals surface area contributed by atoms with E-state index < -0.39 is 41.6 Å². The monoisotopic (exact) mass is 1520 g/mol. The van der Waals surface area contributed by atoms with Crippen LogP contribution < -0.4 is 38.4 Å². The molecular weight excluding hydrogens is 1420 g/mol. The van der Waals surface area contributed by atoms with Gasteiger partial charge in [-0.15, -0.1) is 6.58 Å². The minimum absolute atomic E-state index is 0.278. The summed E-state index contributed by atoms with van der Waals surface area (Å²) in [6.45, 7) is 16.9. The second-order valence-electron chi connectivity index (χ2n) is 27.1. The first-order valence-electron chi connectivity index (χ1n) is 38.5. The van der Waals surface area contributed by atoms with Gasteiger partial charge in [0.1, 0.15) is 34.5 Å². The van der Waals surface area contributed by atoms with Gasteiger partial charge in [-0.1, -0.05) is 105 Å². The third-order valence-electron chi connectivity index (χ3n) is 18.9. The van der Waals surface area contributed by atoms with Gasteiger partial charge < -0.3 is 47.4 Å². The van der Waals surface area contributed by atoms with Gasteiger partial charge in [0, 0.05) is 37.0 Å². The number of rotatable bonds is 46. The largest absolute Gasteiger partial charge is 0.494 e. The van der Waals surface area contributed by atoms with Crippen LogP contribution in [0.3, 0.4) is 0 Å². The van der Waals surface area contributed by atoms with Gasteiger partial charge in [-0.05, 0) is 217 Å². The lowest BCUT2D eigenvalue weighted by atomic mass is 9.82. The number of aromatic nitrogens is 2. The number of fused-ring (bicyclic) bond motifs is 2. The predicted molar refractivity (Wildman–Crippen MR) is 429 cm³/mol. The first-order chi connectivity index (χ1) is 53.4. The van der Waals surface area contributed by atoms with Crippen molar-refractivity contribution in [2.45, 2.75) is 142 Å². The molecule has 2 aliphatic rings. The highest BCUT2D eigenvalue weighted by molar-refractivity contribution is 7.22. The van der Waals surface area contributed by atoms with Crippen LogP contribution in [0.25, 0.3) is 31.6 Å². The maximum Gasteiger partial charge on any atom is 0.330 e. The lowest BCUT2D eigenvalue weighted by Gasteiger charge is -2.26. The highest BCUT2D eigenvalue weighted by atomic mass is 32.1. The molecule has 2 saturated carbocycles. The molecule has 0 bridgehead atoms.